The molecule has 2 aromatic rings. The number of pyridine rings is 1. The van der Waals surface area contributed by atoms with E-state index in [9.17, 15) is 18.0 Å². The number of hydrogen-bond donors (Lipinski definition) is 2. The molecule has 4 heterocycles. The van der Waals surface area contributed by atoms with E-state index in [2.05, 4.69) is 25.6 Å². The van der Waals surface area contributed by atoms with Crippen molar-refractivity contribution >= 4 is 23.4 Å². The molecular weight excluding hydrogens is 413 g/mol. The fraction of sp³-hybridized carbons (Fsp3) is 0.500. The second-order valence-electron chi connectivity index (χ2n) is 8.10. The summed E-state index contributed by atoms with van der Waals surface area (Å²) in [5.41, 5.74) is 0.428. The number of nitrogens with zero attached hydrogens (tertiary/aromatic N) is 4. The zero-order chi connectivity index (χ0) is 21.8. The van der Waals surface area contributed by atoms with Gasteiger partial charge in [-0.25, -0.2) is 9.97 Å². The van der Waals surface area contributed by atoms with E-state index in [4.69, 9.17) is 4.74 Å². The third kappa shape index (κ3) is 3.72. The second kappa shape index (κ2) is 7.24. The van der Waals surface area contributed by atoms with Crippen LogP contribution in [0.5, 0.6) is 5.75 Å². The first-order chi connectivity index (χ1) is 14.8. The fourth-order valence-corrected chi connectivity index (χ4v) is 4.25. The Morgan fingerprint density at radius 3 is 2.77 bits per heavy atom. The van der Waals surface area contributed by atoms with Crippen molar-refractivity contribution in [2.24, 2.45) is 0 Å². The lowest BCUT2D eigenvalue weighted by Crippen LogP contribution is -2.45. The highest BCUT2D eigenvalue weighted by atomic mass is 19.4. The molecule has 1 atom stereocenters. The normalized spacial score (nSPS) is 24.7. The first-order valence-electron chi connectivity index (χ1n) is 10.2. The number of halogens is 3. The van der Waals surface area contributed by atoms with Gasteiger partial charge in [0.25, 0.3) is 0 Å². The molecule has 2 aliphatic heterocycles. The molecule has 164 valence electrons. The smallest absolute Gasteiger partial charge is 0.433 e. The molecule has 1 amide bonds. The molecule has 0 spiro atoms. The minimum Gasteiger partial charge on any atom is -0.489 e. The van der Waals surface area contributed by atoms with Gasteiger partial charge in [0.1, 0.15) is 29.3 Å². The summed E-state index contributed by atoms with van der Waals surface area (Å²) < 4.78 is 43.5. The summed E-state index contributed by atoms with van der Waals surface area (Å²) in [4.78, 5) is 26.8. The molecule has 2 N–H and O–H groups in total. The molecule has 0 unspecified atom stereocenters. The van der Waals surface area contributed by atoms with Gasteiger partial charge in [-0.05, 0) is 31.9 Å². The highest BCUT2D eigenvalue weighted by molar-refractivity contribution is 6.03. The molecule has 5 rings (SSSR count). The van der Waals surface area contributed by atoms with Crippen molar-refractivity contribution in [3.8, 4) is 5.75 Å². The average molecular weight is 434 g/mol. The van der Waals surface area contributed by atoms with E-state index in [1.165, 1.54) is 6.07 Å². The molecule has 31 heavy (non-hydrogen) atoms. The highest BCUT2D eigenvalue weighted by Gasteiger charge is 2.39. The lowest BCUT2D eigenvalue weighted by atomic mass is 9.89. The van der Waals surface area contributed by atoms with Crippen LogP contribution in [0.1, 0.15) is 37.1 Å². The van der Waals surface area contributed by atoms with E-state index in [0.29, 0.717) is 35.9 Å². The number of amides is 1. The standard InChI is InChI=1S/C20H21F3N6O2/c1-10-16-17(29-6-2-3-14(29)18(30)27-16)28-19(25-10)26-11-7-13(8-11)31-12-4-5-15(24-9-12)20(21,22)23/h4-5,9,11,13-14H,2-3,6-8H2,1H3,(H,27,30)(H,25,26,28)/t11?,13?,14-/m0/s1. The predicted molar refractivity (Wildman–Crippen MR) is 106 cm³/mol. The van der Waals surface area contributed by atoms with Gasteiger partial charge in [-0.15, -0.1) is 0 Å². The van der Waals surface area contributed by atoms with Gasteiger partial charge in [0.2, 0.25) is 11.9 Å². The minimum absolute atomic E-state index is 0.00542. The predicted octanol–water partition coefficient (Wildman–Crippen LogP) is 3.14. The van der Waals surface area contributed by atoms with Crippen molar-refractivity contribution in [2.75, 3.05) is 22.1 Å². The molecule has 11 heteroatoms. The summed E-state index contributed by atoms with van der Waals surface area (Å²) in [6.07, 6.45) is -0.374. The molecule has 0 radical (unpaired) electrons. The zero-order valence-electron chi connectivity index (χ0n) is 16.7. The topological polar surface area (TPSA) is 92.3 Å². The van der Waals surface area contributed by atoms with E-state index in [1.54, 1.807) is 0 Å². The molecule has 2 fully saturated rings. The van der Waals surface area contributed by atoms with Gasteiger partial charge in [-0.1, -0.05) is 0 Å². The number of aryl methyl sites for hydroxylation is 1. The summed E-state index contributed by atoms with van der Waals surface area (Å²) in [5.74, 6) is 1.56. The summed E-state index contributed by atoms with van der Waals surface area (Å²) in [7, 11) is 0. The van der Waals surface area contributed by atoms with Crippen LogP contribution in [0.3, 0.4) is 0 Å². The lowest BCUT2D eigenvalue weighted by molar-refractivity contribution is -0.141. The second-order valence-corrected chi connectivity index (χ2v) is 8.10. The Hall–Kier alpha value is -3.11. The molecule has 8 nitrogen and oxygen atoms in total. The summed E-state index contributed by atoms with van der Waals surface area (Å²) in [5, 5.41) is 6.23. The number of aromatic nitrogens is 3. The number of ether oxygens (including phenoxy) is 1. The van der Waals surface area contributed by atoms with Gasteiger partial charge in [-0.3, -0.25) is 4.79 Å². The van der Waals surface area contributed by atoms with Crippen molar-refractivity contribution in [3.05, 3.63) is 29.7 Å². The van der Waals surface area contributed by atoms with Gasteiger partial charge in [-0.2, -0.15) is 18.2 Å². The number of rotatable bonds is 4. The van der Waals surface area contributed by atoms with Crippen LogP contribution in [-0.2, 0) is 11.0 Å². The maximum atomic E-state index is 12.6. The molecular formula is C20H21F3N6O2. The molecule has 2 aromatic heterocycles. The van der Waals surface area contributed by atoms with Crippen molar-refractivity contribution in [1.82, 2.24) is 15.0 Å². The van der Waals surface area contributed by atoms with E-state index in [0.717, 1.165) is 37.5 Å². The van der Waals surface area contributed by atoms with Crippen LogP contribution in [0, 0.1) is 6.92 Å². The van der Waals surface area contributed by atoms with Gasteiger partial charge >= 0.3 is 6.18 Å². The summed E-state index contributed by atoms with van der Waals surface area (Å²) in [6.45, 7) is 2.63. The van der Waals surface area contributed by atoms with E-state index in [-0.39, 0.29) is 24.1 Å². The molecule has 1 saturated carbocycles. The average Bonchev–Trinajstić information content (AvgIpc) is 3.18. The number of carbonyl (C=O) groups excluding carboxylic acids is 1. The Labute approximate surface area is 176 Å². The monoisotopic (exact) mass is 434 g/mol. The van der Waals surface area contributed by atoms with Gasteiger partial charge in [0.15, 0.2) is 5.82 Å². The maximum absolute atomic E-state index is 12.6. The molecule has 0 aromatic carbocycles. The first-order valence-corrected chi connectivity index (χ1v) is 10.2. The zero-order valence-corrected chi connectivity index (χ0v) is 16.7. The Balaban J connectivity index is 1.21. The fourth-order valence-electron chi connectivity index (χ4n) is 4.25. The highest BCUT2D eigenvalue weighted by Crippen LogP contribution is 2.38. The van der Waals surface area contributed by atoms with Crippen LogP contribution in [0.15, 0.2) is 18.3 Å². The van der Waals surface area contributed by atoms with Crippen LogP contribution in [0.2, 0.25) is 0 Å². The summed E-state index contributed by atoms with van der Waals surface area (Å²) >= 11 is 0. The molecule has 1 aliphatic carbocycles. The number of carbonyl (C=O) groups is 1. The Morgan fingerprint density at radius 1 is 1.26 bits per heavy atom. The van der Waals surface area contributed by atoms with Gasteiger partial charge < -0.3 is 20.3 Å². The number of fused-ring (bicyclic) bond motifs is 3. The van der Waals surface area contributed by atoms with Crippen molar-refractivity contribution < 1.29 is 22.7 Å². The van der Waals surface area contributed by atoms with Crippen molar-refractivity contribution in [3.63, 3.8) is 0 Å². The summed E-state index contributed by atoms with van der Waals surface area (Å²) in [6, 6.07) is 2.12. The Morgan fingerprint density at radius 2 is 2.06 bits per heavy atom. The van der Waals surface area contributed by atoms with E-state index >= 15 is 0 Å². The first kappa shape index (κ1) is 19.8. The van der Waals surface area contributed by atoms with E-state index < -0.39 is 11.9 Å². The van der Waals surface area contributed by atoms with Crippen LogP contribution in [-0.4, -0.2) is 45.6 Å². The Bertz CT molecular complexity index is 1010. The Kier molecular flexibility index (Phi) is 4.63. The quantitative estimate of drug-likeness (QED) is 0.764. The van der Waals surface area contributed by atoms with Crippen molar-refractivity contribution in [2.45, 2.75) is 57.0 Å². The number of nitrogens with one attached hydrogen (secondary N) is 2. The third-order valence-corrected chi connectivity index (χ3v) is 5.90. The lowest BCUT2D eigenvalue weighted by Gasteiger charge is -2.36. The molecule has 0 bridgehead atoms. The third-order valence-electron chi connectivity index (χ3n) is 5.90. The van der Waals surface area contributed by atoms with Crippen molar-refractivity contribution in [1.29, 1.82) is 0 Å². The number of alkyl halides is 3. The maximum Gasteiger partial charge on any atom is 0.433 e. The van der Waals surface area contributed by atoms with E-state index in [1.807, 2.05) is 11.8 Å². The molecule has 1 saturated heterocycles. The largest absolute Gasteiger partial charge is 0.489 e. The van der Waals surface area contributed by atoms with Crippen LogP contribution in [0.4, 0.5) is 30.6 Å². The number of hydrogen-bond acceptors (Lipinski definition) is 7. The molecule has 3 aliphatic rings. The minimum atomic E-state index is -4.46. The van der Waals surface area contributed by atoms with Crippen LogP contribution >= 0.6 is 0 Å². The number of anilines is 3. The van der Waals surface area contributed by atoms with Gasteiger partial charge in [0, 0.05) is 25.4 Å². The van der Waals surface area contributed by atoms with Gasteiger partial charge in [0.05, 0.1) is 11.9 Å². The van der Waals surface area contributed by atoms with Crippen LogP contribution < -0.4 is 20.3 Å². The SMILES string of the molecule is Cc1nc(NC2CC(Oc3ccc(C(F)(F)F)nc3)C2)nc2c1NC(=O)[C@@H]1CCCN21. The van der Waals surface area contributed by atoms with Crippen LogP contribution in [0.25, 0.3) is 0 Å².